The molecule has 43 heavy (non-hydrogen) atoms. The third kappa shape index (κ3) is 7.19. The maximum Gasteiger partial charge on any atom is 0.410 e. The zero-order valence-corrected chi connectivity index (χ0v) is 24.2. The van der Waals surface area contributed by atoms with E-state index >= 15 is 0 Å². The van der Waals surface area contributed by atoms with Crippen LogP contribution in [-0.4, -0.2) is 62.2 Å². The first kappa shape index (κ1) is 29.7. The fraction of sp³-hybridized carbons (Fsp3) is 0.355. The largest absolute Gasteiger partial charge is 0.494 e. The van der Waals surface area contributed by atoms with Gasteiger partial charge >= 0.3 is 6.09 Å². The molecule has 4 N–H and O–H groups in total. The van der Waals surface area contributed by atoms with Gasteiger partial charge in [-0.2, -0.15) is 0 Å². The van der Waals surface area contributed by atoms with E-state index in [1.165, 1.54) is 12.3 Å². The Bertz CT molecular complexity index is 1610. The van der Waals surface area contributed by atoms with E-state index in [2.05, 4.69) is 25.6 Å². The summed E-state index contributed by atoms with van der Waals surface area (Å²) >= 11 is 0. The fourth-order valence-corrected chi connectivity index (χ4v) is 4.93. The lowest BCUT2D eigenvalue weighted by Gasteiger charge is -2.33. The number of H-pyrrole nitrogens is 1. The zero-order valence-electron chi connectivity index (χ0n) is 24.2. The van der Waals surface area contributed by atoms with Crippen LogP contribution in [0.3, 0.4) is 0 Å². The number of aromatic amines is 1. The van der Waals surface area contributed by atoms with Gasteiger partial charge in [-0.15, -0.1) is 0 Å². The molecule has 0 saturated carbocycles. The van der Waals surface area contributed by atoms with Gasteiger partial charge in [-0.3, -0.25) is 4.79 Å². The molecule has 2 aromatic heterocycles. The molecule has 2 amide bonds. The van der Waals surface area contributed by atoms with Crippen LogP contribution in [0.25, 0.3) is 22.3 Å². The Morgan fingerprint density at radius 3 is 2.40 bits per heavy atom. The summed E-state index contributed by atoms with van der Waals surface area (Å²) in [5.41, 5.74) is 0.743. The van der Waals surface area contributed by atoms with Crippen LogP contribution >= 0.6 is 0 Å². The molecule has 1 fully saturated rings. The minimum atomic E-state index is -0.807. The second kappa shape index (κ2) is 12.2. The highest BCUT2D eigenvalue weighted by molar-refractivity contribution is 5.96. The number of hydrogen-bond acceptors (Lipinski definition) is 7. The number of fused-ring (bicyclic) bond motifs is 1. The van der Waals surface area contributed by atoms with Crippen LogP contribution in [0.15, 0.2) is 48.7 Å². The summed E-state index contributed by atoms with van der Waals surface area (Å²) in [6, 6.07) is 10.6. The monoisotopic (exact) mass is 592 g/mol. The number of hydrogen-bond donors (Lipinski definition) is 4. The van der Waals surface area contributed by atoms with Gasteiger partial charge in [0.05, 0.1) is 17.5 Å². The molecule has 0 spiro atoms. The number of likely N-dealkylation sites (tertiary alicyclic amines) is 1. The van der Waals surface area contributed by atoms with Gasteiger partial charge in [0.15, 0.2) is 5.82 Å². The van der Waals surface area contributed by atoms with Crippen molar-refractivity contribution < 1.29 is 28.2 Å². The minimum absolute atomic E-state index is 0.110. The molecular formula is C31H34F2N6O4. The lowest BCUT2D eigenvalue weighted by molar-refractivity contribution is -0.120. The van der Waals surface area contributed by atoms with Gasteiger partial charge in [0.2, 0.25) is 11.8 Å². The van der Waals surface area contributed by atoms with Crippen molar-refractivity contribution in [3.05, 3.63) is 65.9 Å². The predicted molar refractivity (Wildman–Crippen MR) is 158 cm³/mol. The van der Waals surface area contributed by atoms with Gasteiger partial charge in [-0.25, -0.2) is 23.5 Å². The average Bonchev–Trinajstić information content (AvgIpc) is 3.33. The van der Waals surface area contributed by atoms with E-state index in [1.807, 2.05) is 20.8 Å². The molecule has 1 aliphatic rings. The van der Waals surface area contributed by atoms with Crippen LogP contribution < -0.4 is 10.6 Å². The van der Waals surface area contributed by atoms with Gasteiger partial charge in [-0.1, -0.05) is 18.2 Å². The molecule has 4 aromatic rings. The molecule has 1 aliphatic heterocycles. The Labute approximate surface area is 247 Å². The first-order chi connectivity index (χ1) is 20.5. The highest BCUT2D eigenvalue weighted by Gasteiger charge is 2.27. The molecule has 0 aliphatic carbocycles. The van der Waals surface area contributed by atoms with Crippen molar-refractivity contribution in [3.8, 4) is 17.3 Å². The van der Waals surface area contributed by atoms with Gasteiger partial charge < -0.3 is 30.4 Å². The number of halogens is 2. The smallest absolute Gasteiger partial charge is 0.410 e. The second-order valence-electron chi connectivity index (χ2n) is 11.6. The Hall–Kier alpha value is -4.74. The van der Waals surface area contributed by atoms with E-state index in [4.69, 9.17) is 4.74 Å². The van der Waals surface area contributed by atoms with Crippen LogP contribution in [-0.2, 0) is 16.0 Å². The Morgan fingerprint density at radius 2 is 1.74 bits per heavy atom. The standard InChI is InChI=1S/C31H34F2N6O4/c1-31(2,3)43-30(42)39-13-11-19(12-14-39)16-34-24(40)15-18-7-9-20(10-8-18)36-28-26-23(17-35-29(26)41)37-27(38-28)25-21(32)5-4-6-22(25)33/h4-10,17,19,35,41H,11-16H2,1-3H3,(H,34,40)(H,36,37,38). The third-order valence-corrected chi connectivity index (χ3v) is 7.14. The molecule has 1 saturated heterocycles. The number of aromatic nitrogens is 3. The summed E-state index contributed by atoms with van der Waals surface area (Å²) in [5, 5.41) is 16.7. The van der Waals surface area contributed by atoms with Crippen molar-refractivity contribution in [3.63, 3.8) is 0 Å². The predicted octanol–water partition coefficient (Wildman–Crippen LogP) is 5.66. The molecule has 12 heteroatoms. The van der Waals surface area contributed by atoms with Crippen LogP contribution in [0, 0.1) is 17.6 Å². The number of ether oxygens (including phenoxy) is 1. The van der Waals surface area contributed by atoms with Crippen molar-refractivity contribution in [1.29, 1.82) is 0 Å². The van der Waals surface area contributed by atoms with Crippen LogP contribution in [0.1, 0.15) is 39.2 Å². The van der Waals surface area contributed by atoms with E-state index in [0.717, 1.165) is 30.5 Å². The highest BCUT2D eigenvalue weighted by atomic mass is 19.1. The third-order valence-electron chi connectivity index (χ3n) is 7.14. The molecule has 2 aromatic carbocycles. The lowest BCUT2D eigenvalue weighted by Crippen LogP contribution is -2.43. The number of aromatic hydroxyl groups is 1. The van der Waals surface area contributed by atoms with Crippen LogP contribution in [0.5, 0.6) is 5.88 Å². The van der Waals surface area contributed by atoms with Gasteiger partial charge in [0.1, 0.15) is 28.4 Å². The number of carbonyl (C=O) groups excluding carboxylic acids is 2. The topological polar surface area (TPSA) is 132 Å². The first-order valence-electron chi connectivity index (χ1n) is 14.1. The van der Waals surface area contributed by atoms with E-state index in [1.54, 1.807) is 29.2 Å². The van der Waals surface area contributed by atoms with Gasteiger partial charge in [0, 0.05) is 31.5 Å². The summed E-state index contributed by atoms with van der Waals surface area (Å²) in [7, 11) is 0. The van der Waals surface area contributed by atoms with E-state index < -0.39 is 17.2 Å². The maximum absolute atomic E-state index is 14.5. The quantitative estimate of drug-likeness (QED) is 0.218. The van der Waals surface area contributed by atoms with Crippen molar-refractivity contribution in [1.82, 2.24) is 25.2 Å². The first-order valence-corrected chi connectivity index (χ1v) is 14.1. The summed E-state index contributed by atoms with van der Waals surface area (Å²) in [6.45, 7) is 7.26. The number of anilines is 2. The number of nitrogens with one attached hydrogen (secondary N) is 3. The van der Waals surface area contributed by atoms with Crippen molar-refractivity contribution in [2.45, 2.75) is 45.6 Å². The Kier molecular flexibility index (Phi) is 8.47. The number of rotatable bonds is 7. The molecule has 10 nitrogen and oxygen atoms in total. The summed E-state index contributed by atoms with van der Waals surface area (Å²) in [6.07, 6.45) is 2.88. The Balaban J connectivity index is 1.18. The summed E-state index contributed by atoms with van der Waals surface area (Å²) < 4.78 is 34.3. The normalized spacial score (nSPS) is 14.1. The van der Waals surface area contributed by atoms with Gasteiger partial charge in [-0.05, 0) is 69.4 Å². The summed E-state index contributed by atoms with van der Waals surface area (Å²) in [5.74, 6) is -1.65. The zero-order chi connectivity index (χ0) is 30.7. The van der Waals surface area contributed by atoms with Crippen molar-refractivity contribution in [2.75, 3.05) is 25.0 Å². The molecular weight excluding hydrogens is 558 g/mol. The van der Waals surface area contributed by atoms with Crippen LogP contribution in [0.2, 0.25) is 0 Å². The van der Waals surface area contributed by atoms with E-state index in [9.17, 15) is 23.5 Å². The van der Waals surface area contributed by atoms with Crippen molar-refractivity contribution in [2.24, 2.45) is 5.92 Å². The molecule has 0 radical (unpaired) electrons. The summed E-state index contributed by atoms with van der Waals surface area (Å²) in [4.78, 5) is 37.8. The number of carbonyl (C=O) groups is 2. The molecule has 226 valence electrons. The minimum Gasteiger partial charge on any atom is -0.494 e. The SMILES string of the molecule is CC(C)(C)OC(=O)N1CCC(CNC(=O)Cc2ccc(Nc3nc(-c4c(F)cccc4F)nc4c[nH]c(O)c34)cc2)CC1. The van der Waals surface area contributed by atoms with Crippen molar-refractivity contribution >= 4 is 34.4 Å². The molecule has 3 heterocycles. The molecule has 5 rings (SSSR count). The van der Waals surface area contributed by atoms with Crippen LogP contribution in [0.4, 0.5) is 25.1 Å². The van der Waals surface area contributed by atoms with E-state index in [0.29, 0.717) is 25.3 Å². The molecule has 0 unspecified atom stereocenters. The Morgan fingerprint density at radius 1 is 1.07 bits per heavy atom. The number of benzene rings is 2. The number of amides is 2. The fourth-order valence-electron chi connectivity index (χ4n) is 4.93. The lowest BCUT2D eigenvalue weighted by atomic mass is 9.97. The van der Waals surface area contributed by atoms with E-state index in [-0.39, 0.29) is 58.3 Å². The maximum atomic E-state index is 14.5. The molecule has 0 bridgehead atoms. The highest BCUT2D eigenvalue weighted by Crippen LogP contribution is 2.34. The number of piperidine rings is 1. The second-order valence-corrected chi connectivity index (χ2v) is 11.6. The molecule has 0 atom stereocenters. The average molecular weight is 593 g/mol. The van der Waals surface area contributed by atoms with Gasteiger partial charge in [0.25, 0.3) is 0 Å². The number of nitrogens with zero attached hydrogens (tertiary/aromatic N) is 3.